The lowest BCUT2D eigenvalue weighted by molar-refractivity contribution is 0.475. The van der Waals surface area contributed by atoms with Gasteiger partial charge in [0.2, 0.25) is 0 Å². The molecule has 7 heteroatoms. The number of thiocarbonyl (C=S) groups is 1. The van der Waals surface area contributed by atoms with Gasteiger partial charge in [0.25, 0.3) is 0 Å². The van der Waals surface area contributed by atoms with Gasteiger partial charge in [-0.05, 0) is 98.4 Å². The van der Waals surface area contributed by atoms with Gasteiger partial charge < -0.3 is 19.9 Å². The normalized spacial score (nSPS) is 17.9. The molecule has 0 aliphatic carbocycles. The minimum Gasteiger partial charge on any atom is -0.508 e. The lowest BCUT2D eigenvalue weighted by Crippen LogP contribution is -2.29. The molecular formula is C26H23FN4OS. The fourth-order valence-electron chi connectivity index (χ4n) is 4.64. The summed E-state index contributed by atoms with van der Waals surface area (Å²) in [7, 11) is 0. The molecule has 1 aliphatic heterocycles. The SMILES string of the molecule is Cc1cc([C@@H]2[C@@H](c3ccccn3)NC(=S)N2c2ccc(O)cc2)c(C)n1-c1ccc(F)cc1. The van der Waals surface area contributed by atoms with E-state index in [2.05, 4.69) is 32.8 Å². The van der Waals surface area contributed by atoms with E-state index in [0.717, 1.165) is 34.0 Å². The van der Waals surface area contributed by atoms with Gasteiger partial charge in [-0.25, -0.2) is 4.39 Å². The van der Waals surface area contributed by atoms with Crippen molar-refractivity contribution in [2.75, 3.05) is 4.90 Å². The number of nitrogens with one attached hydrogen (secondary N) is 1. The summed E-state index contributed by atoms with van der Waals surface area (Å²) in [5.74, 6) is -0.0652. The van der Waals surface area contributed by atoms with Gasteiger partial charge in [-0.2, -0.15) is 0 Å². The number of phenols is 1. The van der Waals surface area contributed by atoms with Gasteiger partial charge in [0, 0.05) is 29.0 Å². The van der Waals surface area contributed by atoms with Crippen LogP contribution in [0, 0.1) is 19.7 Å². The van der Waals surface area contributed by atoms with Gasteiger partial charge in [0.05, 0.1) is 17.8 Å². The third-order valence-electron chi connectivity index (χ3n) is 6.10. The molecule has 2 aromatic heterocycles. The van der Waals surface area contributed by atoms with Crippen LogP contribution in [-0.2, 0) is 0 Å². The molecule has 0 radical (unpaired) electrons. The highest BCUT2D eigenvalue weighted by molar-refractivity contribution is 7.80. The summed E-state index contributed by atoms with van der Waals surface area (Å²) in [6, 6.07) is 21.2. The van der Waals surface area contributed by atoms with E-state index in [9.17, 15) is 9.50 Å². The summed E-state index contributed by atoms with van der Waals surface area (Å²) in [5.41, 5.74) is 5.83. The summed E-state index contributed by atoms with van der Waals surface area (Å²) >= 11 is 5.78. The molecule has 0 spiro atoms. The monoisotopic (exact) mass is 458 g/mol. The number of aromatic nitrogens is 2. The van der Waals surface area contributed by atoms with Crippen LogP contribution in [-0.4, -0.2) is 19.8 Å². The summed E-state index contributed by atoms with van der Waals surface area (Å²) in [6.45, 7) is 4.11. The van der Waals surface area contributed by atoms with Gasteiger partial charge in [-0.15, -0.1) is 0 Å². The Bertz CT molecular complexity index is 1300. The van der Waals surface area contributed by atoms with Crippen molar-refractivity contribution in [3.8, 4) is 11.4 Å². The maximum atomic E-state index is 13.5. The Morgan fingerprint density at radius 3 is 2.33 bits per heavy atom. The van der Waals surface area contributed by atoms with Gasteiger partial charge in [0.1, 0.15) is 11.6 Å². The molecular weight excluding hydrogens is 435 g/mol. The van der Waals surface area contributed by atoms with Crippen molar-refractivity contribution in [2.45, 2.75) is 25.9 Å². The molecule has 1 aliphatic rings. The average Bonchev–Trinajstić information content (AvgIpc) is 3.31. The predicted molar refractivity (Wildman–Crippen MR) is 131 cm³/mol. The van der Waals surface area contributed by atoms with E-state index in [-0.39, 0.29) is 23.7 Å². The highest BCUT2D eigenvalue weighted by Gasteiger charge is 2.42. The largest absolute Gasteiger partial charge is 0.508 e. The minimum absolute atomic E-state index is 0.169. The van der Waals surface area contributed by atoms with Crippen LogP contribution >= 0.6 is 12.2 Å². The van der Waals surface area contributed by atoms with Gasteiger partial charge in [-0.1, -0.05) is 6.07 Å². The summed E-state index contributed by atoms with van der Waals surface area (Å²) in [5, 5.41) is 13.8. The van der Waals surface area contributed by atoms with Crippen LogP contribution < -0.4 is 10.2 Å². The number of halogens is 1. The van der Waals surface area contributed by atoms with Crippen molar-refractivity contribution >= 4 is 23.0 Å². The predicted octanol–water partition coefficient (Wildman–Crippen LogP) is 5.51. The van der Waals surface area contributed by atoms with E-state index in [4.69, 9.17) is 12.2 Å². The zero-order valence-electron chi connectivity index (χ0n) is 18.2. The number of benzene rings is 2. The molecule has 166 valence electrons. The van der Waals surface area contributed by atoms with Crippen molar-refractivity contribution in [2.24, 2.45) is 0 Å². The molecule has 33 heavy (non-hydrogen) atoms. The molecule has 3 heterocycles. The zero-order valence-corrected chi connectivity index (χ0v) is 19.1. The van der Waals surface area contributed by atoms with E-state index in [1.165, 1.54) is 12.1 Å². The smallest absolute Gasteiger partial charge is 0.174 e. The first-order chi connectivity index (χ1) is 15.9. The van der Waals surface area contributed by atoms with Crippen molar-refractivity contribution in [3.63, 3.8) is 0 Å². The molecule has 2 atom stereocenters. The second kappa shape index (κ2) is 8.33. The quantitative estimate of drug-likeness (QED) is 0.395. The van der Waals surface area contributed by atoms with Gasteiger partial charge in [-0.3, -0.25) is 4.98 Å². The Morgan fingerprint density at radius 1 is 0.970 bits per heavy atom. The highest BCUT2D eigenvalue weighted by Crippen LogP contribution is 2.43. The Hall–Kier alpha value is -3.71. The Labute approximate surface area is 197 Å². The topological polar surface area (TPSA) is 53.3 Å². The number of phenolic OH excluding ortho intramolecular Hbond substituents is 1. The second-order valence-electron chi connectivity index (χ2n) is 8.15. The number of aromatic hydroxyl groups is 1. The van der Waals surface area contributed by atoms with Crippen molar-refractivity contribution in [1.29, 1.82) is 0 Å². The summed E-state index contributed by atoms with van der Waals surface area (Å²) < 4.78 is 15.7. The number of nitrogens with zero attached hydrogens (tertiary/aromatic N) is 3. The highest BCUT2D eigenvalue weighted by atomic mass is 32.1. The van der Waals surface area contributed by atoms with E-state index >= 15 is 0 Å². The Kier molecular flexibility index (Phi) is 5.34. The molecule has 5 nitrogen and oxygen atoms in total. The third kappa shape index (κ3) is 3.74. The van der Waals surface area contributed by atoms with Crippen molar-refractivity contribution < 1.29 is 9.50 Å². The Morgan fingerprint density at radius 2 is 1.67 bits per heavy atom. The van der Waals surface area contributed by atoms with Crippen LogP contribution in [0.2, 0.25) is 0 Å². The van der Waals surface area contributed by atoms with E-state index in [0.29, 0.717) is 5.11 Å². The third-order valence-corrected chi connectivity index (χ3v) is 6.41. The van der Waals surface area contributed by atoms with Crippen LogP contribution in [0.3, 0.4) is 0 Å². The molecule has 0 bridgehead atoms. The molecule has 2 aromatic carbocycles. The summed E-state index contributed by atoms with van der Waals surface area (Å²) in [6.07, 6.45) is 1.78. The maximum absolute atomic E-state index is 13.5. The fraction of sp³-hybridized carbons (Fsp3) is 0.154. The first-order valence-electron chi connectivity index (χ1n) is 10.7. The number of anilines is 1. The maximum Gasteiger partial charge on any atom is 0.174 e. The average molecular weight is 459 g/mol. The minimum atomic E-state index is -0.263. The Balaban J connectivity index is 1.67. The standard InChI is InChI=1S/C26H23FN4OS/c1-16-15-22(17(2)30(16)19-8-6-18(27)7-9-19)25-24(23-5-3-4-14-28-23)29-26(33)31(25)20-10-12-21(32)13-11-20/h3-15,24-25,32H,1-2H3,(H,29,33)/t24-,25-/m1/s1. The van der Waals surface area contributed by atoms with Gasteiger partial charge in [0.15, 0.2) is 5.11 Å². The van der Waals surface area contributed by atoms with Crippen molar-refractivity contribution in [1.82, 2.24) is 14.9 Å². The first-order valence-corrected chi connectivity index (χ1v) is 11.1. The lowest BCUT2D eigenvalue weighted by Gasteiger charge is -2.28. The number of hydrogen-bond acceptors (Lipinski definition) is 3. The number of hydrogen-bond donors (Lipinski definition) is 2. The number of aryl methyl sites for hydroxylation is 1. The fourth-order valence-corrected chi connectivity index (χ4v) is 4.98. The summed E-state index contributed by atoms with van der Waals surface area (Å²) in [4.78, 5) is 6.68. The molecule has 1 fully saturated rings. The molecule has 4 aromatic rings. The van der Waals surface area contributed by atoms with Crippen LogP contribution in [0.4, 0.5) is 10.1 Å². The molecule has 0 saturated carbocycles. The molecule has 1 saturated heterocycles. The number of rotatable bonds is 4. The first kappa shape index (κ1) is 21.2. The molecule has 0 amide bonds. The van der Waals surface area contributed by atoms with Crippen LogP contribution in [0.25, 0.3) is 5.69 Å². The molecule has 5 rings (SSSR count). The lowest BCUT2D eigenvalue weighted by atomic mass is 9.96. The van der Waals surface area contributed by atoms with E-state index in [1.54, 1.807) is 30.5 Å². The molecule has 0 unspecified atom stereocenters. The van der Waals surface area contributed by atoms with Gasteiger partial charge >= 0.3 is 0 Å². The van der Waals surface area contributed by atoms with Crippen LogP contribution in [0.5, 0.6) is 5.75 Å². The van der Waals surface area contributed by atoms with Crippen molar-refractivity contribution in [3.05, 3.63) is 107 Å². The van der Waals surface area contributed by atoms with E-state index < -0.39 is 0 Å². The second-order valence-corrected chi connectivity index (χ2v) is 8.54. The van der Waals surface area contributed by atoms with E-state index in [1.807, 2.05) is 37.3 Å². The number of pyridine rings is 1. The molecule has 2 N–H and O–H groups in total. The van der Waals surface area contributed by atoms with Crippen LogP contribution in [0.15, 0.2) is 79.0 Å². The zero-order chi connectivity index (χ0) is 23.1. The van der Waals surface area contributed by atoms with Crippen LogP contribution in [0.1, 0.15) is 34.7 Å².